The Bertz CT molecular complexity index is 410. The molecule has 0 aliphatic rings. The normalized spacial score (nSPS) is 11.6. The number of hydrogen-bond donors (Lipinski definition) is 1. The van der Waals surface area contributed by atoms with Gasteiger partial charge in [-0.05, 0) is 24.6 Å². The van der Waals surface area contributed by atoms with Gasteiger partial charge in [0, 0.05) is 26.1 Å². The number of nitrogens with zero attached hydrogens (tertiary/aromatic N) is 1. The van der Waals surface area contributed by atoms with Crippen LogP contribution >= 0.6 is 35.6 Å². The van der Waals surface area contributed by atoms with E-state index >= 15 is 0 Å². The third kappa shape index (κ3) is 5.44. The lowest BCUT2D eigenvalue weighted by Gasteiger charge is -2.18. The number of benzene rings is 1. The average molecular weight is 312 g/mol. The van der Waals surface area contributed by atoms with Gasteiger partial charge in [0.1, 0.15) is 0 Å². The number of rotatable bonds is 4. The quantitative estimate of drug-likeness (QED) is 0.928. The molecule has 1 amide bonds. The van der Waals surface area contributed by atoms with Crippen molar-refractivity contribution < 1.29 is 4.79 Å². The van der Waals surface area contributed by atoms with Gasteiger partial charge in [-0.1, -0.05) is 29.3 Å². The van der Waals surface area contributed by atoms with E-state index in [-0.39, 0.29) is 24.4 Å². The smallest absolute Gasteiger partial charge is 0.224 e. The molecule has 0 aliphatic heterocycles. The molecule has 0 aliphatic carbocycles. The lowest BCUT2D eigenvalue weighted by atomic mass is 10.2. The first-order valence-corrected chi connectivity index (χ1v) is 6.09. The zero-order valence-corrected chi connectivity index (χ0v) is 12.6. The first-order chi connectivity index (χ1) is 7.90. The van der Waals surface area contributed by atoms with Gasteiger partial charge in [-0.15, -0.1) is 12.4 Å². The summed E-state index contributed by atoms with van der Waals surface area (Å²) in [7, 11) is 1.74. The SMILES string of the molecule is CC(N)CC(=O)N(C)Cc1ccc(Cl)c(Cl)c1.Cl. The Morgan fingerprint density at radius 3 is 2.50 bits per heavy atom. The van der Waals surface area contributed by atoms with Crippen molar-refractivity contribution in [2.24, 2.45) is 5.73 Å². The van der Waals surface area contributed by atoms with E-state index in [1.165, 1.54) is 0 Å². The second kappa shape index (κ2) is 7.85. The highest BCUT2D eigenvalue weighted by Crippen LogP contribution is 2.23. The zero-order chi connectivity index (χ0) is 13.0. The van der Waals surface area contributed by atoms with Crippen molar-refractivity contribution >= 4 is 41.5 Å². The van der Waals surface area contributed by atoms with Crippen molar-refractivity contribution in [2.75, 3.05) is 7.05 Å². The van der Waals surface area contributed by atoms with E-state index in [0.29, 0.717) is 23.0 Å². The number of halogens is 3. The van der Waals surface area contributed by atoms with Gasteiger partial charge in [-0.25, -0.2) is 0 Å². The van der Waals surface area contributed by atoms with Crippen molar-refractivity contribution in [2.45, 2.75) is 25.9 Å². The minimum Gasteiger partial charge on any atom is -0.341 e. The molecule has 0 aromatic heterocycles. The fourth-order valence-electron chi connectivity index (χ4n) is 1.43. The van der Waals surface area contributed by atoms with Crippen molar-refractivity contribution in [3.8, 4) is 0 Å². The van der Waals surface area contributed by atoms with Crippen molar-refractivity contribution in [3.63, 3.8) is 0 Å². The molecule has 0 heterocycles. The molecule has 1 atom stereocenters. The summed E-state index contributed by atoms with van der Waals surface area (Å²) < 4.78 is 0. The maximum absolute atomic E-state index is 11.7. The predicted molar refractivity (Wildman–Crippen MR) is 78.5 cm³/mol. The predicted octanol–water partition coefficient (Wildman–Crippen LogP) is 3.11. The van der Waals surface area contributed by atoms with Gasteiger partial charge in [0.2, 0.25) is 5.91 Å². The van der Waals surface area contributed by atoms with Crippen LogP contribution in [0.25, 0.3) is 0 Å². The van der Waals surface area contributed by atoms with E-state index < -0.39 is 0 Å². The zero-order valence-electron chi connectivity index (χ0n) is 10.3. The molecule has 0 saturated heterocycles. The Hall–Kier alpha value is -0.480. The van der Waals surface area contributed by atoms with Gasteiger partial charge < -0.3 is 10.6 Å². The van der Waals surface area contributed by atoms with Crippen LogP contribution in [0.2, 0.25) is 10.0 Å². The molecule has 1 rings (SSSR count). The first-order valence-electron chi connectivity index (χ1n) is 5.33. The Morgan fingerprint density at radius 1 is 1.39 bits per heavy atom. The first kappa shape index (κ1) is 17.5. The largest absolute Gasteiger partial charge is 0.341 e. The van der Waals surface area contributed by atoms with Crippen LogP contribution in [0.3, 0.4) is 0 Å². The van der Waals surface area contributed by atoms with E-state index in [9.17, 15) is 4.79 Å². The number of amides is 1. The Kier molecular flexibility index (Phi) is 7.64. The maximum atomic E-state index is 11.7. The minimum absolute atomic E-state index is 0. The number of carbonyl (C=O) groups excluding carboxylic acids is 1. The Labute approximate surface area is 124 Å². The summed E-state index contributed by atoms with van der Waals surface area (Å²) in [5.74, 6) is 0.0195. The summed E-state index contributed by atoms with van der Waals surface area (Å²) in [6.45, 7) is 2.31. The molecular weight excluding hydrogens is 295 g/mol. The lowest BCUT2D eigenvalue weighted by molar-refractivity contribution is -0.130. The molecule has 2 N–H and O–H groups in total. The van der Waals surface area contributed by atoms with Crippen LogP contribution in [0.1, 0.15) is 18.9 Å². The van der Waals surface area contributed by atoms with Gasteiger partial charge >= 0.3 is 0 Å². The van der Waals surface area contributed by atoms with Crippen LogP contribution in [0.4, 0.5) is 0 Å². The van der Waals surface area contributed by atoms with Gasteiger partial charge in [0.25, 0.3) is 0 Å². The molecule has 1 unspecified atom stereocenters. The van der Waals surface area contributed by atoms with Gasteiger partial charge in [-0.3, -0.25) is 4.79 Å². The molecule has 3 nitrogen and oxygen atoms in total. The fourth-order valence-corrected chi connectivity index (χ4v) is 1.75. The standard InChI is InChI=1S/C12H16Cl2N2O.ClH/c1-8(15)5-12(17)16(2)7-9-3-4-10(13)11(14)6-9;/h3-4,6,8H,5,7,15H2,1-2H3;1H. The highest BCUT2D eigenvalue weighted by Gasteiger charge is 2.11. The van der Waals surface area contributed by atoms with E-state index in [1.807, 2.05) is 13.0 Å². The van der Waals surface area contributed by atoms with Crippen LogP contribution in [0, 0.1) is 0 Å². The van der Waals surface area contributed by atoms with Crippen molar-refractivity contribution in [3.05, 3.63) is 33.8 Å². The molecule has 0 spiro atoms. The van der Waals surface area contributed by atoms with Crippen molar-refractivity contribution in [1.82, 2.24) is 4.90 Å². The van der Waals surface area contributed by atoms with Gasteiger partial charge in [-0.2, -0.15) is 0 Å². The highest BCUT2D eigenvalue weighted by molar-refractivity contribution is 6.42. The summed E-state index contributed by atoms with van der Waals surface area (Å²) in [5.41, 5.74) is 6.53. The molecular formula is C12H17Cl3N2O. The van der Waals surface area contributed by atoms with Crippen molar-refractivity contribution in [1.29, 1.82) is 0 Å². The fraction of sp³-hybridized carbons (Fsp3) is 0.417. The summed E-state index contributed by atoms with van der Waals surface area (Å²) in [6, 6.07) is 5.21. The lowest BCUT2D eigenvalue weighted by Crippen LogP contribution is -2.31. The highest BCUT2D eigenvalue weighted by atomic mass is 35.5. The topological polar surface area (TPSA) is 46.3 Å². The van der Waals surface area contributed by atoms with Crippen LogP contribution in [-0.2, 0) is 11.3 Å². The summed E-state index contributed by atoms with van der Waals surface area (Å²) in [5, 5.41) is 1.01. The number of hydrogen-bond acceptors (Lipinski definition) is 2. The molecule has 0 saturated carbocycles. The van der Waals surface area contributed by atoms with E-state index in [4.69, 9.17) is 28.9 Å². The average Bonchev–Trinajstić information content (AvgIpc) is 2.22. The molecule has 102 valence electrons. The van der Waals surface area contributed by atoms with E-state index in [2.05, 4.69) is 0 Å². The molecule has 0 radical (unpaired) electrons. The van der Waals surface area contributed by atoms with E-state index in [1.54, 1.807) is 24.1 Å². The molecule has 0 fully saturated rings. The van der Waals surface area contributed by atoms with Crippen LogP contribution in [0.15, 0.2) is 18.2 Å². The molecule has 0 bridgehead atoms. The summed E-state index contributed by atoms with van der Waals surface area (Å²) in [6.07, 6.45) is 0.345. The van der Waals surface area contributed by atoms with Gasteiger partial charge in [0.15, 0.2) is 0 Å². The molecule has 6 heteroatoms. The second-order valence-electron chi connectivity index (χ2n) is 4.18. The minimum atomic E-state index is -0.126. The van der Waals surface area contributed by atoms with E-state index in [0.717, 1.165) is 5.56 Å². The second-order valence-corrected chi connectivity index (χ2v) is 4.99. The van der Waals surface area contributed by atoms with Crippen LogP contribution in [-0.4, -0.2) is 23.9 Å². The molecule has 1 aromatic rings. The monoisotopic (exact) mass is 310 g/mol. The Balaban J connectivity index is 0.00000289. The van der Waals surface area contributed by atoms with Gasteiger partial charge in [0.05, 0.1) is 10.0 Å². The number of carbonyl (C=O) groups is 1. The van der Waals surface area contributed by atoms with Crippen LogP contribution in [0.5, 0.6) is 0 Å². The van der Waals surface area contributed by atoms with Crippen LogP contribution < -0.4 is 5.73 Å². The third-order valence-electron chi connectivity index (χ3n) is 2.33. The maximum Gasteiger partial charge on any atom is 0.224 e. The summed E-state index contributed by atoms with van der Waals surface area (Å²) >= 11 is 11.7. The number of nitrogens with two attached hydrogens (primary N) is 1. The summed E-state index contributed by atoms with van der Waals surface area (Å²) in [4.78, 5) is 13.3. The Morgan fingerprint density at radius 2 is 2.00 bits per heavy atom. The molecule has 1 aromatic carbocycles. The molecule has 18 heavy (non-hydrogen) atoms. The third-order valence-corrected chi connectivity index (χ3v) is 3.07.